The molecule has 2 atom stereocenters. The van der Waals surface area contributed by atoms with E-state index in [1.165, 1.54) is 12.1 Å². The van der Waals surface area contributed by atoms with Crippen molar-refractivity contribution >= 4 is 18.0 Å². The number of carboxylic acid groups (broad SMARTS) is 2. The van der Waals surface area contributed by atoms with Crippen LogP contribution in [-0.2, 0) is 20.7 Å². The predicted octanol–water partition coefficient (Wildman–Crippen LogP) is 2.70. The number of carbonyl (C=O) groups is 3. The summed E-state index contributed by atoms with van der Waals surface area (Å²) in [6.45, 7) is 4.87. The lowest BCUT2D eigenvalue weighted by Gasteiger charge is -2.22. The zero-order chi connectivity index (χ0) is 21.5. The summed E-state index contributed by atoms with van der Waals surface area (Å²) < 4.78 is 18.7. The predicted molar refractivity (Wildman–Crippen MR) is 96.0 cm³/mol. The summed E-state index contributed by atoms with van der Waals surface area (Å²) in [6.07, 6.45) is -1.17. The van der Waals surface area contributed by atoms with Gasteiger partial charge < -0.3 is 20.3 Å². The molecule has 1 rings (SSSR count). The summed E-state index contributed by atoms with van der Waals surface area (Å²) in [5, 5.41) is 29.6. The molecule has 0 radical (unpaired) electrons. The highest BCUT2D eigenvalue weighted by molar-refractivity contribution is 5.80. The third-order valence-corrected chi connectivity index (χ3v) is 3.78. The van der Waals surface area contributed by atoms with Gasteiger partial charge in [0.2, 0.25) is 0 Å². The van der Waals surface area contributed by atoms with E-state index in [4.69, 9.17) is 10.00 Å². The number of rotatable bonds is 8. The molecule has 0 aliphatic heterocycles. The number of hydrogen-bond donors (Lipinski definition) is 3. The number of amides is 1. The molecule has 0 aromatic heterocycles. The average molecular weight is 394 g/mol. The van der Waals surface area contributed by atoms with E-state index in [1.54, 1.807) is 26.8 Å². The Morgan fingerprint density at radius 2 is 1.86 bits per heavy atom. The van der Waals surface area contributed by atoms with Crippen molar-refractivity contribution in [3.05, 3.63) is 35.1 Å². The van der Waals surface area contributed by atoms with Crippen LogP contribution in [0.25, 0.3) is 0 Å². The number of nitrogens with one attached hydrogen (secondary N) is 1. The minimum atomic E-state index is -1.32. The number of hydrogen-bond acceptors (Lipinski definition) is 5. The Balaban J connectivity index is 2.78. The van der Waals surface area contributed by atoms with Crippen LogP contribution < -0.4 is 5.32 Å². The SMILES string of the molecule is CC(C)(C)OC(=O)N[C@@H](CCC(Cc1ccc(C#N)c(F)c1)C(=O)O)C(=O)O. The first-order valence-electron chi connectivity index (χ1n) is 8.56. The number of ether oxygens (including phenoxy) is 1. The van der Waals surface area contributed by atoms with Crippen molar-refractivity contribution in [3.63, 3.8) is 0 Å². The van der Waals surface area contributed by atoms with E-state index in [1.807, 2.05) is 0 Å². The Labute approximate surface area is 161 Å². The van der Waals surface area contributed by atoms with Crippen molar-refractivity contribution in [2.45, 2.75) is 51.7 Å². The Morgan fingerprint density at radius 3 is 2.32 bits per heavy atom. The van der Waals surface area contributed by atoms with E-state index in [2.05, 4.69) is 5.32 Å². The van der Waals surface area contributed by atoms with Crippen LogP contribution in [0.2, 0.25) is 0 Å². The number of nitrogens with zero attached hydrogens (tertiary/aromatic N) is 1. The van der Waals surface area contributed by atoms with Crippen molar-refractivity contribution < 1.29 is 33.7 Å². The molecule has 0 fully saturated rings. The van der Waals surface area contributed by atoms with Crippen LogP contribution >= 0.6 is 0 Å². The molecule has 8 nitrogen and oxygen atoms in total. The highest BCUT2D eigenvalue weighted by atomic mass is 19.1. The molecule has 1 aromatic carbocycles. The van der Waals surface area contributed by atoms with Gasteiger partial charge in [-0.1, -0.05) is 6.07 Å². The Kier molecular flexibility index (Phi) is 7.92. The summed E-state index contributed by atoms with van der Waals surface area (Å²) >= 11 is 0. The molecule has 0 saturated carbocycles. The van der Waals surface area contributed by atoms with Crippen LogP contribution in [0.5, 0.6) is 0 Å². The van der Waals surface area contributed by atoms with Crippen LogP contribution in [0.3, 0.4) is 0 Å². The molecule has 0 heterocycles. The molecule has 0 spiro atoms. The number of aliphatic carboxylic acids is 2. The monoisotopic (exact) mass is 394 g/mol. The largest absolute Gasteiger partial charge is 0.481 e. The number of benzene rings is 1. The maximum Gasteiger partial charge on any atom is 0.408 e. The molecule has 0 aliphatic carbocycles. The molecule has 0 saturated heterocycles. The van der Waals surface area contributed by atoms with Gasteiger partial charge in [0.1, 0.15) is 23.5 Å². The highest BCUT2D eigenvalue weighted by Crippen LogP contribution is 2.19. The van der Waals surface area contributed by atoms with Gasteiger partial charge in [-0.15, -0.1) is 0 Å². The summed E-state index contributed by atoms with van der Waals surface area (Å²) in [7, 11) is 0. The van der Waals surface area contributed by atoms with Crippen molar-refractivity contribution in [3.8, 4) is 6.07 Å². The second-order valence-electron chi connectivity index (χ2n) is 7.28. The maximum absolute atomic E-state index is 13.7. The fraction of sp³-hybridized carbons (Fsp3) is 0.474. The quantitative estimate of drug-likeness (QED) is 0.616. The number of carbonyl (C=O) groups excluding carboxylic acids is 1. The van der Waals surface area contributed by atoms with Crippen LogP contribution in [0.15, 0.2) is 18.2 Å². The van der Waals surface area contributed by atoms with E-state index >= 15 is 0 Å². The van der Waals surface area contributed by atoms with Crippen LogP contribution in [0, 0.1) is 23.1 Å². The number of alkyl carbamates (subject to hydrolysis) is 1. The number of carboxylic acids is 2. The standard InChI is InChI=1S/C19H23FN2O6/c1-19(2,3)28-18(27)22-15(17(25)26)7-6-12(16(23)24)8-11-4-5-13(10-21)14(20)9-11/h4-5,9,12,15H,6-8H2,1-3H3,(H,22,27)(H,23,24)(H,25,26)/t12?,15-/m0/s1. The van der Waals surface area contributed by atoms with Crippen molar-refractivity contribution in [2.75, 3.05) is 0 Å². The second-order valence-corrected chi connectivity index (χ2v) is 7.28. The Morgan fingerprint density at radius 1 is 1.21 bits per heavy atom. The Bertz CT molecular complexity index is 782. The number of halogens is 1. The van der Waals surface area contributed by atoms with Crippen LogP contribution in [0.4, 0.5) is 9.18 Å². The fourth-order valence-corrected chi connectivity index (χ4v) is 2.45. The third kappa shape index (κ3) is 7.61. The molecule has 0 aliphatic rings. The van der Waals surface area contributed by atoms with Gasteiger partial charge in [0.15, 0.2) is 0 Å². The van der Waals surface area contributed by atoms with Gasteiger partial charge in [-0.2, -0.15) is 5.26 Å². The topological polar surface area (TPSA) is 137 Å². The lowest BCUT2D eigenvalue weighted by molar-refractivity contribution is -0.143. The molecule has 1 aromatic rings. The maximum atomic E-state index is 13.7. The molecular formula is C19H23FN2O6. The van der Waals surface area contributed by atoms with Crippen LogP contribution in [-0.4, -0.2) is 39.9 Å². The molecule has 1 amide bonds. The molecule has 9 heteroatoms. The summed E-state index contributed by atoms with van der Waals surface area (Å²) in [5.74, 6) is -4.24. The molecule has 1 unspecified atom stereocenters. The van der Waals surface area contributed by atoms with Gasteiger partial charge in [-0.3, -0.25) is 4.79 Å². The lowest BCUT2D eigenvalue weighted by atomic mass is 9.92. The van der Waals surface area contributed by atoms with Crippen molar-refractivity contribution in [1.82, 2.24) is 5.32 Å². The second kappa shape index (κ2) is 9.69. The minimum absolute atomic E-state index is 0.0449. The van der Waals surface area contributed by atoms with Gasteiger partial charge in [-0.05, 0) is 57.7 Å². The van der Waals surface area contributed by atoms with Gasteiger partial charge in [0.25, 0.3) is 0 Å². The van der Waals surface area contributed by atoms with Gasteiger partial charge in [0, 0.05) is 0 Å². The van der Waals surface area contributed by atoms with E-state index in [9.17, 15) is 29.0 Å². The summed E-state index contributed by atoms with van der Waals surface area (Å²) in [6, 6.07) is 4.14. The number of nitriles is 1. The summed E-state index contributed by atoms with van der Waals surface area (Å²) in [4.78, 5) is 34.6. The molecule has 3 N–H and O–H groups in total. The van der Waals surface area contributed by atoms with Gasteiger partial charge in [-0.25, -0.2) is 14.0 Å². The zero-order valence-electron chi connectivity index (χ0n) is 15.9. The molecule has 152 valence electrons. The first-order chi connectivity index (χ1) is 12.9. The molecule has 0 bridgehead atoms. The summed E-state index contributed by atoms with van der Waals surface area (Å²) in [5.41, 5.74) is -0.588. The van der Waals surface area contributed by atoms with Crippen LogP contribution in [0.1, 0.15) is 44.7 Å². The van der Waals surface area contributed by atoms with E-state index in [0.717, 1.165) is 6.07 Å². The van der Waals surface area contributed by atoms with Crippen molar-refractivity contribution in [1.29, 1.82) is 5.26 Å². The third-order valence-electron chi connectivity index (χ3n) is 3.78. The first kappa shape index (κ1) is 22.9. The molecular weight excluding hydrogens is 371 g/mol. The molecule has 28 heavy (non-hydrogen) atoms. The minimum Gasteiger partial charge on any atom is -0.481 e. The first-order valence-corrected chi connectivity index (χ1v) is 8.56. The van der Waals surface area contributed by atoms with Crippen molar-refractivity contribution in [2.24, 2.45) is 5.92 Å². The lowest BCUT2D eigenvalue weighted by Crippen LogP contribution is -2.43. The Hall–Kier alpha value is -3.15. The smallest absolute Gasteiger partial charge is 0.408 e. The highest BCUT2D eigenvalue weighted by Gasteiger charge is 2.27. The average Bonchev–Trinajstić information content (AvgIpc) is 2.55. The van der Waals surface area contributed by atoms with E-state index in [-0.39, 0.29) is 24.8 Å². The van der Waals surface area contributed by atoms with Gasteiger partial charge in [0.05, 0.1) is 11.5 Å². The van der Waals surface area contributed by atoms with E-state index in [0.29, 0.717) is 5.56 Å². The van der Waals surface area contributed by atoms with E-state index < -0.39 is 41.4 Å². The van der Waals surface area contributed by atoms with Gasteiger partial charge >= 0.3 is 18.0 Å². The zero-order valence-corrected chi connectivity index (χ0v) is 15.9. The fourth-order valence-electron chi connectivity index (χ4n) is 2.45. The normalized spacial score (nSPS) is 13.1.